The topological polar surface area (TPSA) is 96.0 Å². The van der Waals surface area contributed by atoms with Crippen LogP contribution in [0.3, 0.4) is 0 Å². The molecule has 0 bridgehead atoms. The van der Waals surface area contributed by atoms with Crippen molar-refractivity contribution in [1.82, 2.24) is 0 Å². The molecule has 0 amide bonds. The van der Waals surface area contributed by atoms with Crippen LogP contribution in [0.15, 0.2) is 18.2 Å². The Hall–Kier alpha value is -2.30. The lowest BCUT2D eigenvalue weighted by atomic mass is 10.1. The fourth-order valence-electron chi connectivity index (χ4n) is 3.35. The Morgan fingerprint density at radius 3 is 1.64 bits per heavy atom. The summed E-state index contributed by atoms with van der Waals surface area (Å²) in [5, 5.41) is 0. The van der Waals surface area contributed by atoms with E-state index in [0.29, 0.717) is 12.8 Å². The molecule has 36 heavy (non-hydrogen) atoms. The maximum Gasteiger partial charge on any atom is 0.534 e. The molecule has 0 aromatic heterocycles. The van der Waals surface area contributed by atoms with E-state index in [2.05, 4.69) is 18.0 Å². The van der Waals surface area contributed by atoms with Crippen LogP contribution in [-0.2, 0) is 19.6 Å². The van der Waals surface area contributed by atoms with Crippen LogP contribution in [0.5, 0.6) is 5.75 Å². The lowest BCUT2D eigenvalue weighted by Crippen LogP contribution is -2.28. The van der Waals surface area contributed by atoms with Crippen LogP contribution in [0.1, 0.15) is 112 Å². The van der Waals surface area contributed by atoms with E-state index in [9.17, 15) is 31.2 Å². The minimum Gasteiger partial charge on any atom is -0.462 e. The van der Waals surface area contributed by atoms with Crippen molar-refractivity contribution in [2.45, 2.75) is 96.4 Å². The molecule has 0 aliphatic carbocycles. The van der Waals surface area contributed by atoms with E-state index in [1.165, 1.54) is 0 Å². The molecule has 0 fully saturated rings. The second-order valence-electron chi connectivity index (χ2n) is 8.50. The second-order valence-corrected chi connectivity index (χ2v) is 10.0. The van der Waals surface area contributed by atoms with Gasteiger partial charge in [-0.15, -0.1) is 0 Å². The van der Waals surface area contributed by atoms with E-state index < -0.39 is 38.9 Å². The predicted octanol–water partition coefficient (Wildman–Crippen LogP) is 6.95. The van der Waals surface area contributed by atoms with Crippen LogP contribution < -0.4 is 4.18 Å². The molecule has 0 atom stereocenters. The molecule has 0 spiro atoms. The Bertz CT molecular complexity index is 915. The number of alkyl halides is 3. The van der Waals surface area contributed by atoms with Crippen molar-refractivity contribution in [2.24, 2.45) is 0 Å². The molecule has 1 aromatic carbocycles. The van der Waals surface area contributed by atoms with Crippen molar-refractivity contribution in [3.8, 4) is 5.75 Å². The number of halogens is 3. The molecule has 0 saturated heterocycles. The number of carbonyl (C=O) groups is 2. The number of hydrogen-bond donors (Lipinski definition) is 0. The number of esters is 2. The number of unbranched alkanes of at least 4 members (excludes halogenated alkanes) is 10. The maximum absolute atomic E-state index is 12.7. The normalized spacial score (nSPS) is 11.8. The molecule has 0 heterocycles. The third kappa shape index (κ3) is 11.6. The summed E-state index contributed by atoms with van der Waals surface area (Å²) < 4.78 is 75.3. The first-order chi connectivity index (χ1) is 17.0. The highest BCUT2D eigenvalue weighted by atomic mass is 32.2. The summed E-state index contributed by atoms with van der Waals surface area (Å²) in [6, 6.07) is 2.59. The van der Waals surface area contributed by atoms with Gasteiger partial charge in [-0.1, -0.05) is 78.1 Å². The summed E-state index contributed by atoms with van der Waals surface area (Å²) >= 11 is 0. The molecule has 0 radical (unpaired) electrons. The predicted molar refractivity (Wildman–Crippen MR) is 129 cm³/mol. The Labute approximate surface area is 211 Å². The zero-order valence-electron chi connectivity index (χ0n) is 21.0. The molecule has 0 N–H and O–H groups in total. The molecular weight excluding hydrogens is 501 g/mol. The van der Waals surface area contributed by atoms with Crippen LogP contribution in [0.2, 0.25) is 0 Å². The van der Waals surface area contributed by atoms with Gasteiger partial charge in [-0.3, -0.25) is 0 Å². The molecule has 0 aliphatic rings. The lowest BCUT2D eigenvalue weighted by molar-refractivity contribution is -0.0500. The Morgan fingerprint density at radius 1 is 0.722 bits per heavy atom. The number of ether oxygens (including phenoxy) is 2. The number of carbonyl (C=O) groups excluding carboxylic acids is 2. The smallest absolute Gasteiger partial charge is 0.462 e. The SMILES string of the molecule is CCCCCCCCOC(=O)c1ccc(OS(=O)(=O)C(F)(F)F)cc1C(=O)OCCCCCCCC. The van der Waals surface area contributed by atoms with Crippen LogP contribution >= 0.6 is 0 Å². The average molecular weight is 539 g/mol. The fraction of sp³-hybridized carbons (Fsp3) is 0.680. The third-order valence-corrected chi connectivity index (χ3v) is 6.36. The maximum atomic E-state index is 12.7. The van der Waals surface area contributed by atoms with Gasteiger partial charge in [-0.2, -0.15) is 21.6 Å². The van der Waals surface area contributed by atoms with E-state index in [1.54, 1.807) is 0 Å². The molecule has 0 aliphatic heterocycles. The van der Waals surface area contributed by atoms with E-state index in [-0.39, 0.29) is 18.8 Å². The van der Waals surface area contributed by atoms with Crippen molar-refractivity contribution in [3.05, 3.63) is 29.3 Å². The number of rotatable bonds is 18. The van der Waals surface area contributed by atoms with Crippen LogP contribution in [-0.4, -0.2) is 39.1 Å². The van der Waals surface area contributed by atoms with Crippen molar-refractivity contribution >= 4 is 22.1 Å². The molecule has 7 nitrogen and oxygen atoms in total. The van der Waals surface area contributed by atoms with Gasteiger partial charge in [0, 0.05) is 0 Å². The quantitative estimate of drug-likeness (QED) is 0.0863. The van der Waals surface area contributed by atoms with Crippen molar-refractivity contribution < 1.29 is 44.8 Å². The van der Waals surface area contributed by atoms with Crippen molar-refractivity contribution in [2.75, 3.05) is 13.2 Å². The fourth-order valence-corrected chi connectivity index (χ4v) is 3.80. The Morgan fingerprint density at radius 2 is 1.17 bits per heavy atom. The third-order valence-electron chi connectivity index (χ3n) is 5.38. The van der Waals surface area contributed by atoms with E-state index in [0.717, 1.165) is 82.4 Å². The largest absolute Gasteiger partial charge is 0.534 e. The highest BCUT2D eigenvalue weighted by molar-refractivity contribution is 7.88. The highest BCUT2D eigenvalue weighted by Crippen LogP contribution is 2.28. The van der Waals surface area contributed by atoms with Gasteiger partial charge >= 0.3 is 27.6 Å². The van der Waals surface area contributed by atoms with Crippen LogP contribution in [0.4, 0.5) is 13.2 Å². The van der Waals surface area contributed by atoms with Crippen molar-refractivity contribution in [1.29, 1.82) is 0 Å². The monoisotopic (exact) mass is 538 g/mol. The summed E-state index contributed by atoms with van der Waals surface area (Å²) in [5.74, 6) is -2.61. The molecule has 11 heteroatoms. The minimum absolute atomic E-state index is 0.0448. The van der Waals surface area contributed by atoms with Gasteiger partial charge < -0.3 is 13.7 Å². The molecule has 0 saturated carbocycles. The Balaban J connectivity index is 2.88. The first-order valence-electron chi connectivity index (χ1n) is 12.5. The zero-order valence-corrected chi connectivity index (χ0v) is 21.8. The van der Waals surface area contributed by atoms with Crippen molar-refractivity contribution in [3.63, 3.8) is 0 Å². The average Bonchev–Trinajstić information content (AvgIpc) is 2.81. The van der Waals surface area contributed by atoms with Gasteiger partial charge in [-0.05, 0) is 31.0 Å². The molecule has 1 aromatic rings. The standard InChI is InChI=1S/C25H37F3O7S/c1-3-5-7-9-11-13-17-33-23(29)21-16-15-20(35-36(31,32)25(26,27)28)19-22(21)24(30)34-18-14-12-10-8-6-4-2/h15-16,19H,3-14,17-18H2,1-2H3. The first-order valence-corrected chi connectivity index (χ1v) is 13.9. The summed E-state index contributed by atoms with van der Waals surface area (Å²) in [6.07, 6.45) is 11.4. The van der Waals surface area contributed by atoms with Crippen LogP contribution in [0.25, 0.3) is 0 Å². The van der Waals surface area contributed by atoms with E-state index in [4.69, 9.17) is 9.47 Å². The first kappa shape index (κ1) is 31.7. The highest BCUT2D eigenvalue weighted by Gasteiger charge is 2.48. The molecular formula is C25H37F3O7S. The summed E-state index contributed by atoms with van der Waals surface area (Å²) in [7, 11) is -5.95. The van der Waals surface area contributed by atoms with E-state index in [1.807, 2.05) is 0 Å². The minimum atomic E-state index is -5.95. The number of benzene rings is 1. The number of hydrogen-bond acceptors (Lipinski definition) is 7. The van der Waals surface area contributed by atoms with Gasteiger partial charge in [0.05, 0.1) is 24.3 Å². The molecule has 0 unspecified atom stereocenters. The summed E-state index contributed by atoms with van der Waals surface area (Å²) in [6.45, 7) is 4.35. The van der Waals surface area contributed by atoms with Gasteiger partial charge in [0.1, 0.15) is 5.75 Å². The summed E-state index contributed by atoms with van der Waals surface area (Å²) in [4.78, 5) is 25.2. The molecule has 206 valence electrons. The lowest BCUT2D eigenvalue weighted by Gasteiger charge is -2.13. The van der Waals surface area contributed by atoms with Crippen LogP contribution in [0, 0.1) is 0 Å². The van der Waals surface area contributed by atoms with Gasteiger partial charge in [0.25, 0.3) is 0 Å². The molecule has 1 rings (SSSR count). The van der Waals surface area contributed by atoms with Gasteiger partial charge in [0.2, 0.25) is 0 Å². The zero-order chi connectivity index (χ0) is 27.0. The van der Waals surface area contributed by atoms with Gasteiger partial charge in [-0.25, -0.2) is 9.59 Å². The Kier molecular flexibility index (Phi) is 14.5. The summed E-state index contributed by atoms with van der Waals surface area (Å²) in [5.41, 5.74) is -6.32. The second kappa shape index (κ2) is 16.4. The van der Waals surface area contributed by atoms with Gasteiger partial charge in [0.15, 0.2) is 0 Å². The van der Waals surface area contributed by atoms with E-state index >= 15 is 0 Å².